The molecule has 82 valence electrons. The molecule has 15 heavy (non-hydrogen) atoms. The van der Waals surface area contributed by atoms with Gasteiger partial charge in [0.1, 0.15) is 5.82 Å². The normalized spacial score (nSPS) is 12.3. The predicted octanol–water partition coefficient (Wildman–Crippen LogP) is 3.48. The second kappa shape index (κ2) is 5.29. The lowest BCUT2D eigenvalue weighted by atomic mass is 10.0. The van der Waals surface area contributed by atoms with Crippen molar-refractivity contribution < 1.29 is 4.39 Å². The minimum atomic E-state index is -0.323. The van der Waals surface area contributed by atoms with Gasteiger partial charge in [-0.2, -0.15) is 0 Å². The van der Waals surface area contributed by atoms with Gasteiger partial charge in [-0.25, -0.2) is 4.39 Å². The van der Waals surface area contributed by atoms with E-state index in [1.54, 1.807) is 6.07 Å². The monoisotopic (exact) mass is 227 g/mol. The van der Waals surface area contributed by atoms with Crippen LogP contribution in [0.1, 0.15) is 19.4 Å². The number of nitrogens with two attached hydrogens (primary N) is 1. The molecular weight excluding hydrogens is 213 g/mol. The molecule has 1 rings (SSSR count). The van der Waals surface area contributed by atoms with Gasteiger partial charge in [-0.3, -0.25) is 0 Å². The summed E-state index contributed by atoms with van der Waals surface area (Å²) in [6.07, 6.45) is 1.92. The average Bonchev–Trinajstić information content (AvgIpc) is 2.16. The fourth-order valence-electron chi connectivity index (χ4n) is 1.28. The highest BCUT2D eigenvalue weighted by molar-refractivity contribution is 6.32. The summed E-state index contributed by atoms with van der Waals surface area (Å²) < 4.78 is 12.8. The van der Waals surface area contributed by atoms with Crippen LogP contribution < -0.4 is 5.73 Å². The number of rotatable bonds is 3. The Hall–Kier alpha value is -0.860. The maximum Gasteiger partial charge on any atom is 0.124 e. The number of hydrogen-bond donors (Lipinski definition) is 1. The van der Waals surface area contributed by atoms with Gasteiger partial charge in [0.2, 0.25) is 0 Å². The molecule has 3 heteroatoms. The van der Waals surface area contributed by atoms with E-state index in [9.17, 15) is 4.39 Å². The topological polar surface area (TPSA) is 26.0 Å². The van der Waals surface area contributed by atoms with Crippen molar-refractivity contribution in [2.24, 2.45) is 11.7 Å². The Balaban J connectivity index is 3.06. The van der Waals surface area contributed by atoms with Crippen molar-refractivity contribution in [2.45, 2.75) is 13.8 Å². The Bertz CT molecular complexity index is 372. The third-order valence-electron chi connectivity index (χ3n) is 2.28. The molecule has 0 aromatic heterocycles. The van der Waals surface area contributed by atoms with Gasteiger partial charge in [0, 0.05) is 6.54 Å². The minimum Gasteiger partial charge on any atom is -0.327 e. The van der Waals surface area contributed by atoms with E-state index >= 15 is 0 Å². The van der Waals surface area contributed by atoms with Crippen molar-refractivity contribution in [3.8, 4) is 0 Å². The zero-order valence-electron chi connectivity index (χ0n) is 8.93. The van der Waals surface area contributed by atoms with E-state index in [-0.39, 0.29) is 5.82 Å². The van der Waals surface area contributed by atoms with E-state index in [0.717, 1.165) is 11.1 Å². The van der Waals surface area contributed by atoms with Crippen LogP contribution in [-0.2, 0) is 0 Å². The third kappa shape index (κ3) is 3.33. The van der Waals surface area contributed by atoms with Crippen LogP contribution in [0, 0.1) is 11.7 Å². The first-order valence-corrected chi connectivity index (χ1v) is 5.28. The molecule has 1 aromatic rings. The molecule has 0 amide bonds. The van der Waals surface area contributed by atoms with E-state index in [1.807, 2.05) is 6.08 Å². The van der Waals surface area contributed by atoms with Crippen molar-refractivity contribution in [3.05, 3.63) is 40.2 Å². The van der Waals surface area contributed by atoms with Gasteiger partial charge < -0.3 is 5.73 Å². The first kappa shape index (κ1) is 12.2. The van der Waals surface area contributed by atoms with Crippen molar-refractivity contribution in [1.29, 1.82) is 0 Å². The van der Waals surface area contributed by atoms with E-state index < -0.39 is 0 Å². The summed E-state index contributed by atoms with van der Waals surface area (Å²) in [4.78, 5) is 0. The molecule has 0 saturated heterocycles. The van der Waals surface area contributed by atoms with Crippen LogP contribution in [0.5, 0.6) is 0 Å². The van der Waals surface area contributed by atoms with E-state index in [4.69, 9.17) is 17.3 Å². The summed E-state index contributed by atoms with van der Waals surface area (Å²) in [6, 6.07) is 4.36. The molecule has 0 atom stereocenters. The molecule has 0 radical (unpaired) electrons. The molecule has 0 aliphatic rings. The van der Waals surface area contributed by atoms with E-state index in [1.165, 1.54) is 12.1 Å². The van der Waals surface area contributed by atoms with Crippen molar-refractivity contribution in [1.82, 2.24) is 0 Å². The largest absolute Gasteiger partial charge is 0.327 e. The molecular formula is C12H15ClFN. The highest BCUT2D eigenvalue weighted by Gasteiger charge is 2.04. The van der Waals surface area contributed by atoms with Gasteiger partial charge in [-0.15, -0.1) is 0 Å². The first-order chi connectivity index (χ1) is 7.04. The minimum absolute atomic E-state index is 0.323. The zero-order valence-corrected chi connectivity index (χ0v) is 9.68. The molecule has 0 fully saturated rings. The quantitative estimate of drug-likeness (QED) is 0.841. The summed E-state index contributed by atoms with van der Waals surface area (Å²) in [7, 11) is 0. The van der Waals surface area contributed by atoms with Crippen LogP contribution in [0.3, 0.4) is 0 Å². The molecule has 0 heterocycles. The smallest absolute Gasteiger partial charge is 0.124 e. The second-order valence-corrected chi connectivity index (χ2v) is 4.15. The van der Waals surface area contributed by atoms with E-state index in [2.05, 4.69) is 13.8 Å². The molecule has 0 aliphatic carbocycles. The third-order valence-corrected chi connectivity index (χ3v) is 2.61. The van der Waals surface area contributed by atoms with Gasteiger partial charge in [-0.1, -0.05) is 43.2 Å². The highest BCUT2D eigenvalue weighted by Crippen LogP contribution is 2.21. The summed E-state index contributed by atoms with van der Waals surface area (Å²) in [5, 5.41) is 0.418. The van der Waals surface area contributed by atoms with Crippen LogP contribution >= 0.6 is 11.6 Å². The van der Waals surface area contributed by atoms with Crippen LogP contribution in [0.25, 0.3) is 6.08 Å². The Kier molecular flexibility index (Phi) is 4.30. The Morgan fingerprint density at radius 2 is 2.20 bits per heavy atom. The predicted molar refractivity (Wildman–Crippen MR) is 63.3 cm³/mol. The van der Waals surface area contributed by atoms with Gasteiger partial charge in [0.25, 0.3) is 0 Å². The van der Waals surface area contributed by atoms with E-state index in [0.29, 0.717) is 17.5 Å². The maximum atomic E-state index is 12.8. The van der Waals surface area contributed by atoms with Crippen molar-refractivity contribution in [2.75, 3.05) is 6.54 Å². The summed E-state index contributed by atoms with van der Waals surface area (Å²) in [5.41, 5.74) is 7.53. The van der Waals surface area contributed by atoms with Crippen molar-refractivity contribution in [3.63, 3.8) is 0 Å². The van der Waals surface area contributed by atoms with Gasteiger partial charge >= 0.3 is 0 Å². The van der Waals surface area contributed by atoms with Crippen molar-refractivity contribution >= 4 is 17.7 Å². The molecule has 0 aliphatic heterocycles. The van der Waals surface area contributed by atoms with Crippen LogP contribution in [0.2, 0.25) is 5.02 Å². The van der Waals surface area contributed by atoms with Crippen LogP contribution in [0.4, 0.5) is 4.39 Å². The summed E-state index contributed by atoms with van der Waals surface area (Å²) >= 11 is 5.91. The zero-order chi connectivity index (χ0) is 11.4. The number of hydrogen-bond acceptors (Lipinski definition) is 1. The van der Waals surface area contributed by atoms with Crippen LogP contribution in [-0.4, -0.2) is 6.54 Å². The first-order valence-electron chi connectivity index (χ1n) is 4.90. The fraction of sp³-hybridized carbons (Fsp3) is 0.333. The molecule has 1 nitrogen and oxygen atoms in total. The van der Waals surface area contributed by atoms with Gasteiger partial charge in [0.05, 0.1) is 5.02 Å². The maximum absolute atomic E-state index is 12.8. The fourth-order valence-corrected chi connectivity index (χ4v) is 1.50. The standard InChI is InChI=1S/C12H15ClFN/c1-8(2)10(7-15)5-9-3-4-11(14)6-12(9)13/h3-6,8H,7,15H2,1-2H3/b10-5+. The number of halogens is 2. The molecule has 0 saturated carbocycles. The molecule has 0 bridgehead atoms. The average molecular weight is 228 g/mol. The molecule has 1 aromatic carbocycles. The second-order valence-electron chi connectivity index (χ2n) is 3.74. The van der Waals surface area contributed by atoms with Gasteiger partial charge in [0.15, 0.2) is 0 Å². The Morgan fingerprint density at radius 1 is 1.53 bits per heavy atom. The molecule has 2 N–H and O–H groups in total. The molecule has 0 spiro atoms. The molecule has 0 unspecified atom stereocenters. The lowest BCUT2D eigenvalue weighted by Gasteiger charge is -2.09. The van der Waals surface area contributed by atoms with Gasteiger partial charge in [-0.05, 0) is 23.6 Å². The summed E-state index contributed by atoms with van der Waals surface area (Å²) in [5.74, 6) is 0.0483. The summed E-state index contributed by atoms with van der Waals surface area (Å²) in [6.45, 7) is 4.62. The number of benzene rings is 1. The highest BCUT2D eigenvalue weighted by atomic mass is 35.5. The SMILES string of the molecule is CC(C)/C(=C/c1ccc(F)cc1Cl)CN. The Labute approximate surface area is 94.7 Å². The lowest BCUT2D eigenvalue weighted by Crippen LogP contribution is -2.08. The van der Waals surface area contributed by atoms with Crippen LogP contribution in [0.15, 0.2) is 23.8 Å². The lowest BCUT2D eigenvalue weighted by molar-refractivity contribution is 0.628. The Morgan fingerprint density at radius 3 is 2.67 bits per heavy atom.